The normalized spacial score (nSPS) is 14.3. The van der Waals surface area contributed by atoms with E-state index in [4.69, 9.17) is 9.47 Å². The number of allylic oxidation sites excluding steroid dienone is 2. The predicted molar refractivity (Wildman–Crippen MR) is 73.2 cm³/mol. The largest absolute Gasteiger partial charge is 0.501 e. The molecule has 0 spiro atoms. The summed E-state index contributed by atoms with van der Waals surface area (Å²) >= 11 is 0. The number of amides is 1. The topological polar surface area (TPSA) is 47.6 Å². The molecule has 1 unspecified atom stereocenters. The van der Waals surface area contributed by atoms with E-state index in [1.54, 1.807) is 7.11 Å². The molecule has 0 aliphatic heterocycles. The van der Waals surface area contributed by atoms with Crippen LogP contribution in [0.2, 0.25) is 0 Å². The zero-order valence-electron chi connectivity index (χ0n) is 12.1. The fourth-order valence-electron chi connectivity index (χ4n) is 1.74. The maximum Gasteiger partial charge on any atom is 0.246 e. The summed E-state index contributed by atoms with van der Waals surface area (Å²) in [5.41, 5.74) is 1.01. The molecule has 4 heteroatoms. The van der Waals surface area contributed by atoms with Crippen LogP contribution in [0.4, 0.5) is 0 Å². The van der Waals surface area contributed by atoms with E-state index in [1.165, 1.54) is 7.11 Å². The lowest BCUT2D eigenvalue weighted by Gasteiger charge is -2.21. The van der Waals surface area contributed by atoms with Gasteiger partial charge in [0.05, 0.1) is 18.9 Å². The molecule has 0 bridgehead atoms. The highest BCUT2D eigenvalue weighted by molar-refractivity contribution is 5.78. The van der Waals surface area contributed by atoms with Crippen molar-refractivity contribution in [1.82, 2.24) is 5.32 Å². The number of nitrogens with one attached hydrogen (secondary N) is 1. The Bertz CT molecular complexity index is 308. The number of methoxy groups -OCH3 is 2. The van der Waals surface area contributed by atoms with E-state index >= 15 is 0 Å². The third kappa shape index (κ3) is 5.87. The highest BCUT2D eigenvalue weighted by atomic mass is 16.5. The maximum absolute atomic E-state index is 11.6. The van der Waals surface area contributed by atoms with Crippen LogP contribution in [0, 0.1) is 0 Å². The van der Waals surface area contributed by atoms with Gasteiger partial charge in [0.15, 0.2) is 0 Å². The van der Waals surface area contributed by atoms with Crippen molar-refractivity contribution in [2.45, 2.75) is 39.7 Å². The first-order chi connectivity index (χ1) is 8.60. The Morgan fingerprint density at radius 2 is 2.06 bits per heavy atom. The molecule has 0 radical (unpaired) electrons. The maximum atomic E-state index is 11.6. The van der Waals surface area contributed by atoms with Gasteiger partial charge < -0.3 is 14.8 Å². The number of hydrogen-bond donors (Lipinski definition) is 1. The van der Waals surface area contributed by atoms with Crippen LogP contribution in [0.5, 0.6) is 0 Å². The molecule has 18 heavy (non-hydrogen) atoms. The van der Waals surface area contributed by atoms with E-state index < -0.39 is 0 Å². The van der Waals surface area contributed by atoms with Crippen molar-refractivity contribution in [3.63, 3.8) is 0 Å². The summed E-state index contributed by atoms with van der Waals surface area (Å²) in [5.74, 6) is 0.714. The quantitative estimate of drug-likeness (QED) is 0.535. The molecule has 0 rings (SSSR count). The molecule has 0 saturated heterocycles. The summed E-state index contributed by atoms with van der Waals surface area (Å²) in [4.78, 5) is 11.6. The summed E-state index contributed by atoms with van der Waals surface area (Å²) in [6.07, 6.45) is 5.78. The predicted octanol–water partition coefficient (Wildman–Crippen LogP) is 2.41. The Balaban J connectivity index is 4.98. The molecule has 0 aromatic rings. The molecule has 1 N–H and O–H groups in total. The van der Waals surface area contributed by atoms with Crippen LogP contribution in [0.15, 0.2) is 23.5 Å². The summed E-state index contributed by atoms with van der Waals surface area (Å²) in [7, 11) is 3.15. The summed E-state index contributed by atoms with van der Waals surface area (Å²) in [5, 5.41) is 2.97. The first kappa shape index (κ1) is 16.7. The van der Waals surface area contributed by atoms with Gasteiger partial charge in [0.2, 0.25) is 5.91 Å². The molecule has 104 valence electrons. The van der Waals surface area contributed by atoms with Gasteiger partial charge in [-0.05, 0) is 20.3 Å². The standard InChI is InChI=1S/C14H25NO3/c1-6-8-12(11(3)18-5)13(9-7-2)15-14(16)10-17-4/h6,8,13H,7,9-10H2,1-5H3,(H,15,16)/b8-6-,12-11-. The second kappa shape index (κ2) is 9.71. The van der Waals surface area contributed by atoms with Crippen molar-refractivity contribution in [3.8, 4) is 0 Å². The van der Waals surface area contributed by atoms with E-state index in [1.807, 2.05) is 26.0 Å². The fraction of sp³-hybridized carbons (Fsp3) is 0.643. The zero-order valence-corrected chi connectivity index (χ0v) is 12.1. The van der Waals surface area contributed by atoms with Gasteiger partial charge in [0.25, 0.3) is 0 Å². The Labute approximate surface area is 110 Å². The molecular weight excluding hydrogens is 230 g/mol. The van der Waals surface area contributed by atoms with Crippen LogP contribution in [-0.2, 0) is 14.3 Å². The lowest BCUT2D eigenvalue weighted by molar-refractivity contribution is -0.125. The minimum absolute atomic E-state index is 0.0335. The number of hydrogen-bond acceptors (Lipinski definition) is 3. The van der Waals surface area contributed by atoms with Crippen LogP contribution in [0.25, 0.3) is 0 Å². The summed E-state index contributed by atoms with van der Waals surface area (Å²) in [6.45, 7) is 6.02. The van der Waals surface area contributed by atoms with Gasteiger partial charge in [-0.15, -0.1) is 0 Å². The molecule has 0 aliphatic rings. The van der Waals surface area contributed by atoms with Crippen molar-refractivity contribution in [3.05, 3.63) is 23.5 Å². The molecule has 0 heterocycles. The van der Waals surface area contributed by atoms with Crippen LogP contribution in [0.3, 0.4) is 0 Å². The van der Waals surface area contributed by atoms with Crippen molar-refractivity contribution in [2.24, 2.45) is 0 Å². The Hall–Kier alpha value is -1.29. The van der Waals surface area contributed by atoms with Gasteiger partial charge >= 0.3 is 0 Å². The Morgan fingerprint density at radius 1 is 1.39 bits per heavy atom. The molecule has 1 amide bonds. The van der Waals surface area contributed by atoms with Crippen LogP contribution in [0.1, 0.15) is 33.6 Å². The summed E-state index contributed by atoms with van der Waals surface area (Å²) in [6, 6.07) is -0.0335. The second-order valence-electron chi connectivity index (χ2n) is 4.06. The van der Waals surface area contributed by atoms with E-state index in [-0.39, 0.29) is 18.6 Å². The average molecular weight is 255 g/mol. The highest BCUT2D eigenvalue weighted by Gasteiger charge is 2.17. The number of rotatable bonds is 8. The fourth-order valence-corrected chi connectivity index (χ4v) is 1.74. The van der Waals surface area contributed by atoms with Gasteiger partial charge in [-0.1, -0.05) is 25.5 Å². The molecule has 0 aromatic carbocycles. The Morgan fingerprint density at radius 3 is 2.50 bits per heavy atom. The van der Waals surface area contributed by atoms with Gasteiger partial charge in [-0.25, -0.2) is 0 Å². The monoisotopic (exact) mass is 255 g/mol. The van der Waals surface area contributed by atoms with Gasteiger partial charge in [-0.2, -0.15) is 0 Å². The molecule has 0 aliphatic carbocycles. The second-order valence-corrected chi connectivity index (χ2v) is 4.06. The van der Waals surface area contributed by atoms with Crippen LogP contribution >= 0.6 is 0 Å². The Kier molecular flexibility index (Phi) is 9.01. The third-order valence-electron chi connectivity index (χ3n) is 2.62. The first-order valence-electron chi connectivity index (χ1n) is 6.26. The van der Waals surface area contributed by atoms with E-state index in [0.29, 0.717) is 0 Å². The molecule has 1 atom stereocenters. The van der Waals surface area contributed by atoms with E-state index in [9.17, 15) is 4.79 Å². The van der Waals surface area contributed by atoms with Gasteiger partial charge in [-0.3, -0.25) is 4.79 Å². The lowest BCUT2D eigenvalue weighted by atomic mass is 10.0. The van der Waals surface area contributed by atoms with Crippen LogP contribution < -0.4 is 5.32 Å². The highest BCUT2D eigenvalue weighted by Crippen LogP contribution is 2.16. The third-order valence-corrected chi connectivity index (χ3v) is 2.62. The molecule has 0 aromatic heterocycles. The van der Waals surface area contributed by atoms with Crippen molar-refractivity contribution in [1.29, 1.82) is 0 Å². The molecule has 4 nitrogen and oxygen atoms in total. The molecular formula is C14H25NO3. The number of ether oxygens (including phenoxy) is 2. The smallest absolute Gasteiger partial charge is 0.246 e. The molecule has 0 fully saturated rings. The zero-order chi connectivity index (χ0) is 14.0. The number of carbonyl (C=O) groups is 1. The average Bonchev–Trinajstić information content (AvgIpc) is 2.35. The summed E-state index contributed by atoms with van der Waals surface area (Å²) < 4.78 is 10.1. The minimum Gasteiger partial charge on any atom is -0.501 e. The van der Waals surface area contributed by atoms with Crippen molar-refractivity contribution >= 4 is 5.91 Å². The van der Waals surface area contributed by atoms with E-state index in [2.05, 4.69) is 12.2 Å². The van der Waals surface area contributed by atoms with Crippen molar-refractivity contribution < 1.29 is 14.3 Å². The SMILES string of the molecule is C/C=C\C(=C(/C)OC)C(CCC)NC(=O)COC. The van der Waals surface area contributed by atoms with Crippen LogP contribution in [-0.4, -0.2) is 32.8 Å². The number of carbonyl (C=O) groups excluding carboxylic acids is 1. The van der Waals surface area contributed by atoms with Crippen molar-refractivity contribution in [2.75, 3.05) is 20.8 Å². The van der Waals surface area contributed by atoms with Gasteiger partial charge in [0, 0.05) is 12.7 Å². The van der Waals surface area contributed by atoms with E-state index in [0.717, 1.165) is 24.2 Å². The minimum atomic E-state index is -0.109. The van der Waals surface area contributed by atoms with Gasteiger partial charge in [0.1, 0.15) is 6.61 Å². The first-order valence-corrected chi connectivity index (χ1v) is 6.26. The molecule has 0 saturated carbocycles. The lowest BCUT2D eigenvalue weighted by Crippen LogP contribution is -2.38.